The van der Waals surface area contributed by atoms with Gasteiger partial charge in [-0.05, 0) is 49.8 Å². The summed E-state index contributed by atoms with van der Waals surface area (Å²) < 4.78 is 0. The van der Waals surface area contributed by atoms with Crippen LogP contribution in [0.15, 0.2) is 18.2 Å². The lowest BCUT2D eigenvalue weighted by Crippen LogP contribution is -2.30. The van der Waals surface area contributed by atoms with E-state index in [2.05, 4.69) is 43.2 Å². The summed E-state index contributed by atoms with van der Waals surface area (Å²) in [5, 5.41) is 6.07. The molecule has 5 nitrogen and oxygen atoms in total. The topological polar surface area (TPSA) is 61.4 Å². The predicted molar refractivity (Wildman–Crippen MR) is 117 cm³/mol. The number of carbonyl (C=O) groups excluding carboxylic acids is 2. The summed E-state index contributed by atoms with van der Waals surface area (Å²) in [6.07, 6.45) is 6.20. The van der Waals surface area contributed by atoms with Crippen molar-refractivity contribution in [3.05, 3.63) is 23.8 Å². The van der Waals surface area contributed by atoms with Gasteiger partial charge in [0.05, 0.1) is 5.56 Å². The molecule has 1 aliphatic rings. The van der Waals surface area contributed by atoms with Crippen LogP contribution in [0.3, 0.4) is 0 Å². The third-order valence-electron chi connectivity index (χ3n) is 5.40. The number of carbonyl (C=O) groups is 2. The Hall–Kier alpha value is -2.04. The van der Waals surface area contributed by atoms with Gasteiger partial charge in [-0.3, -0.25) is 9.59 Å². The van der Waals surface area contributed by atoms with E-state index >= 15 is 0 Å². The van der Waals surface area contributed by atoms with Crippen LogP contribution in [0.1, 0.15) is 76.6 Å². The van der Waals surface area contributed by atoms with Gasteiger partial charge in [0.15, 0.2) is 0 Å². The first-order valence-electron chi connectivity index (χ1n) is 10.9. The highest BCUT2D eigenvalue weighted by atomic mass is 16.2. The Bertz CT molecular complexity index is 651. The predicted octanol–water partition coefficient (Wildman–Crippen LogP) is 4.83. The van der Waals surface area contributed by atoms with Crippen molar-refractivity contribution in [1.29, 1.82) is 0 Å². The molecule has 2 rings (SSSR count). The smallest absolute Gasteiger partial charge is 0.253 e. The Morgan fingerprint density at radius 3 is 2.46 bits per heavy atom. The van der Waals surface area contributed by atoms with E-state index in [1.165, 1.54) is 0 Å². The number of benzene rings is 1. The van der Waals surface area contributed by atoms with Crippen LogP contribution in [0.4, 0.5) is 11.4 Å². The van der Waals surface area contributed by atoms with E-state index in [9.17, 15) is 9.59 Å². The van der Waals surface area contributed by atoms with E-state index in [4.69, 9.17) is 0 Å². The van der Waals surface area contributed by atoms with Crippen molar-refractivity contribution in [3.63, 3.8) is 0 Å². The lowest BCUT2D eigenvalue weighted by molar-refractivity contribution is -0.120. The molecule has 0 spiro atoms. The second-order valence-corrected chi connectivity index (χ2v) is 8.27. The Balaban J connectivity index is 2.20. The Morgan fingerprint density at radius 1 is 1.14 bits per heavy atom. The molecule has 2 N–H and O–H groups in total. The molecule has 0 saturated carbocycles. The number of unbranched alkanes of at least 4 members (excludes halogenated alkanes) is 1. The Kier molecular flexibility index (Phi) is 8.81. The summed E-state index contributed by atoms with van der Waals surface area (Å²) in [4.78, 5) is 27.8. The fourth-order valence-corrected chi connectivity index (χ4v) is 3.64. The Labute approximate surface area is 170 Å². The number of amides is 2. The van der Waals surface area contributed by atoms with Crippen LogP contribution in [0.2, 0.25) is 0 Å². The first kappa shape index (κ1) is 22.3. The monoisotopic (exact) mass is 387 g/mol. The highest BCUT2D eigenvalue weighted by Gasteiger charge is 2.22. The number of nitrogens with zero attached hydrogens (tertiary/aromatic N) is 1. The molecule has 156 valence electrons. The molecule has 0 aliphatic carbocycles. The molecule has 0 radical (unpaired) electrons. The van der Waals surface area contributed by atoms with E-state index in [1.807, 2.05) is 18.2 Å². The molecular weight excluding hydrogens is 350 g/mol. The summed E-state index contributed by atoms with van der Waals surface area (Å²) >= 11 is 0. The molecule has 28 heavy (non-hydrogen) atoms. The van der Waals surface area contributed by atoms with Gasteiger partial charge in [-0.15, -0.1) is 0 Å². The maximum absolute atomic E-state index is 12.8. The van der Waals surface area contributed by atoms with Gasteiger partial charge in [0.1, 0.15) is 0 Å². The molecule has 0 unspecified atom stereocenters. The van der Waals surface area contributed by atoms with Crippen molar-refractivity contribution >= 4 is 23.2 Å². The van der Waals surface area contributed by atoms with E-state index in [0.717, 1.165) is 57.3 Å². The SMILES string of the molecule is CCCC[C@H](CC)C(=O)Nc1ccc(N2CCCC2)c(C(=O)NCC(C)C)c1. The standard InChI is InChI=1S/C23H37N3O2/c1-5-7-10-18(6-2)22(27)25-19-11-12-21(26-13-8-9-14-26)20(15-19)23(28)24-16-17(3)4/h11-12,15,17-18H,5-10,13-14,16H2,1-4H3,(H,24,28)(H,25,27)/t18-/m0/s1. The minimum atomic E-state index is -0.0651. The first-order valence-corrected chi connectivity index (χ1v) is 10.9. The van der Waals surface area contributed by atoms with E-state index in [0.29, 0.717) is 23.7 Å². The lowest BCUT2D eigenvalue weighted by atomic mass is 9.98. The zero-order valence-electron chi connectivity index (χ0n) is 18.0. The molecule has 1 atom stereocenters. The molecule has 0 bridgehead atoms. The molecular formula is C23H37N3O2. The van der Waals surface area contributed by atoms with E-state index in [1.54, 1.807) is 0 Å². The summed E-state index contributed by atoms with van der Waals surface area (Å²) in [7, 11) is 0. The van der Waals surface area contributed by atoms with Crippen LogP contribution in [-0.2, 0) is 4.79 Å². The largest absolute Gasteiger partial charge is 0.371 e. The van der Waals surface area contributed by atoms with Crippen molar-refractivity contribution in [3.8, 4) is 0 Å². The normalized spacial score (nSPS) is 15.0. The highest BCUT2D eigenvalue weighted by molar-refractivity contribution is 6.02. The van der Waals surface area contributed by atoms with Crippen molar-refractivity contribution in [2.45, 2.75) is 66.2 Å². The van der Waals surface area contributed by atoms with Gasteiger partial charge < -0.3 is 15.5 Å². The van der Waals surface area contributed by atoms with E-state index < -0.39 is 0 Å². The van der Waals surface area contributed by atoms with Gasteiger partial charge in [0.25, 0.3) is 5.91 Å². The van der Waals surface area contributed by atoms with Crippen molar-refractivity contribution < 1.29 is 9.59 Å². The summed E-state index contributed by atoms with van der Waals surface area (Å²) in [5.41, 5.74) is 2.33. The second-order valence-electron chi connectivity index (χ2n) is 8.27. The minimum Gasteiger partial charge on any atom is -0.371 e. The molecule has 1 saturated heterocycles. The molecule has 2 amide bonds. The maximum atomic E-state index is 12.8. The third-order valence-corrected chi connectivity index (χ3v) is 5.40. The Morgan fingerprint density at radius 2 is 1.86 bits per heavy atom. The van der Waals surface area contributed by atoms with Crippen molar-refractivity contribution in [1.82, 2.24) is 5.32 Å². The van der Waals surface area contributed by atoms with Gasteiger partial charge in [-0.1, -0.05) is 40.5 Å². The highest BCUT2D eigenvalue weighted by Crippen LogP contribution is 2.28. The average Bonchev–Trinajstić information content (AvgIpc) is 3.21. The van der Waals surface area contributed by atoms with Crippen molar-refractivity contribution in [2.24, 2.45) is 11.8 Å². The molecule has 1 aromatic rings. The van der Waals surface area contributed by atoms with Crippen LogP contribution >= 0.6 is 0 Å². The maximum Gasteiger partial charge on any atom is 0.253 e. The second kappa shape index (κ2) is 11.1. The number of hydrogen-bond donors (Lipinski definition) is 2. The van der Waals surface area contributed by atoms with Gasteiger partial charge in [-0.2, -0.15) is 0 Å². The number of anilines is 2. The molecule has 0 aromatic heterocycles. The zero-order chi connectivity index (χ0) is 20.5. The minimum absolute atomic E-state index is 0.0245. The molecule has 5 heteroatoms. The van der Waals surface area contributed by atoms with E-state index in [-0.39, 0.29) is 17.7 Å². The quantitative estimate of drug-likeness (QED) is 0.604. The lowest BCUT2D eigenvalue weighted by Gasteiger charge is -2.22. The van der Waals surface area contributed by atoms with Crippen LogP contribution in [0, 0.1) is 11.8 Å². The number of nitrogens with one attached hydrogen (secondary N) is 2. The van der Waals surface area contributed by atoms with Crippen LogP contribution < -0.4 is 15.5 Å². The van der Waals surface area contributed by atoms with Crippen LogP contribution in [0.25, 0.3) is 0 Å². The fraction of sp³-hybridized carbons (Fsp3) is 0.652. The molecule has 1 fully saturated rings. The zero-order valence-corrected chi connectivity index (χ0v) is 18.0. The molecule has 1 aliphatic heterocycles. The molecule has 1 aromatic carbocycles. The average molecular weight is 388 g/mol. The van der Waals surface area contributed by atoms with Gasteiger partial charge in [-0.25, -0.2) is 0 Å². The van der Waals surface area contributed by atoms with Gasteiger partial charge >= 0.3 is 0 Å². The van der Waals surface area contributed by atoms with Gasteiger partial charge in [0, 0.05) is 36.9 Å². The number of hydrogen-bond acceptors (Lipinski definition) is 3. The summed E-state index contributed by atoms with van der Waals surface area (Å²) in [6, 6.07) is 5.75. The molecule has 1 heterocycles. The summed E-state index contributed by atoms with van der Waals surface area (Å²) in [6.45, 7) is 11.0. The van der Waals surface area contributed by atoms with Gasteiger partial charge in [0.2, 0.25) is 5.91 Å². The fourth-order valence-electron chi connectivity index (χ4n) is 3.64. The van der Waals surface area contributed by atoms with Crippen molar-refractivity contribution in [2.75, 3.05) is 29.9 Å². The number of rotatable bonds is 10. The first-order chi connectivity index (χ1) is 13.5. The summed E-state index contributed by atoms with van der Waals surface area (Å²) in [5.74, 6) is 0.408. The van der Waals surface area contributed by atoms with Crippen LogP contribution in [-0.4, -0.2) is 31.4 Å². The van der Waals surface area contributed by atoms with Crippen LogP contribution in [0.5, 0.6) is 0 Å². The third kappa shape index (κ3) is 6.25.